The number of hydrogen-bond acceptors (Lipinski definition) is 5. The van der Waals surface area contributed by atoms with Gasteiger partial charge in [-0.15, -0.1) is 0 Å². The fourth-order valence-corrected chi connectivity index (χ4v) is 3.77. The van der Waals surface area contributed by atoms with Gasteiger partial charge in [-0.3, -0.25) is 4.79 Å². The summed E-state index contributed by atoms with van der Waals surface area (Å²) in [5.74, 6) is -0.939. The quantitative estimate of drug-likeness (QED) is 0.441. The van der Waals surface area contributed by atoms with Crippen LogP contribution in [0, 0.1) is 0 Å². The monoisotopic (exact) mass is 491 g/mol. The summed E-state index contributed by atoms with van der Waals surface area (Å²) in [5.41, 5.74) is 2.25. The van der Waals surface area contributed by atoms with E-state index in [9.17, 15) is 14.4 Å². The third kappa shape index (κ3) is 5.65. The second kappa shape index (κ2) is 10.7. The third-order valence-electron chi connectivity index (χ3n) is 5.17. The fourth-order valence-electron chi connectivity index (χ4n) is 3.28. The van der Waals surface area contributed by atoms with Crippen LogP contribution in [0.3, 0.4) is 0 Å². The number of hydrogen-bond donors (Lipinski definition) is 2. The first-order valence-corrected chi connectivity index (χ1v) is 10.8. The van der Waals surface area contributed by atoms with E-state index in [4.69, 9.17) is 32.7 Å². The average Bonchev–Trinajstić information content (AvgIpc) is 2.77. The van der Waals surface area contributed by atoms with Gasteiger partial charge in [-0.25, -0.2) is 9.59 Å². The van der Waals surface area contributed by atoms with Crippen LogP contribution < -0.4 is 10.6 Å². The molecule has 2 aromatic carbocycles. The molecule has 1 heterocycles. The summed E-state index contributed by atoms with van der Waals surface area (Å²) in [6.45, 7) is 2.04. The summed E-state index contributed by atoms with van der Waals surface area (Å²) in [4.78, 5) is 39.0. The highest BCUT2D eigenvalue weighted by molar-refractivity contribution is 6.37. The zero-order valence-corrected chi connectivity index (χ0v) is 19.8. The highest BCUT2D eigenvalue weighted by Crippen LogP contribution is 2.31. The van der Waals surface area contributed by atoms with Crippen LogP contribution in [0.15, 0.2) is 53.7 Å². The van der Waals surface area contributed by atoms with E-state index in [2.05, 4.69) is 10.6 Å². The van der Waals surface area contributed by atoms with Crippen LogP contribution in [0.2, 0.25) is 10.0 Å². The van der Waals surface area contributed by atoms with Gasteiger partial charge in [-0.1, -0.05) is 35.3 Å². The van der Waals surface area contributed by atoms with Gasteiger partial charge in [0.05, 0.1) is 28.8 Å². The molecule has 2 N–H and O–H groups in total. The Balaban J connectivity index is 1.82. The molecule has 0 saturated heterocycles. The minimum atomic E-state index is -0.709. The molecule has 0 radical (unpaired) electrons. The van der Waals surface area contributed by atoms with Gasteiger partial charge in [0.1, 0.15) is 6.61 Å². The first-order chi connectivity index (χ1) is 15.7. The molecule has 3 rings (SSSR count). The molecule has 0 spiro atoms. The van der Waals surface area contributed by atoms with E-state index in [-0.39, 0.29) is 29.8 Å². The van der Waals surface area contributed by atoms with Gasteiger partial charge in [-0.2, -0.15) is 0 Å². The van der Waals surface area contributed by atoms with E-state index in [0.29, 0.717) is 27.5 Å². The number of urea groups is 1. The number of nitrogens with one attached hydrogen (secondary N) is 2. The van der Waals surface area contributed by atoms with Gasteiger partial charge < -0.3 is 25.0 Å². The molecule has 8 nitrogen and oxygen atoms in total. The second-order valence-electron chi connectivity index (χ2n) is 7.27. The van der Waals surface area contributed by atoms with Crippen molar-refractivity contribution in [1.82, 2.24) is 10.2 Å². The Labute approximate surface area is 201 Å². The topological polar surface area (TPSA) is 97.0 Å². The second-order valence-corrected chi connectivity index (χ2v) is 8.11. The summed E-state index contributed by atoms with van der Waals surface area (Å²) in [7, 11) is 3.08. The van der Waals surface area contributed by atoms with Crippen LogP contribution >= 0.6 is 23.2 Å². The molecule has 0 aromatic heterocycles. The van der Waals surface area contributed by atoms with Crippen LogP contribution in [0.5, 0.6) is 0 Å². The molecule has 3 amide bonds. The number of esters is 1. The maximum atomic E-state index is 12.8. The van der Waals surface area contributed by atoms with Crippen LogP contribution in [0.4, 0.5) is 10.5 Å². The van der Waals surface area contributed by atoms with Gasteiger partial charge in [0.15, 0.2) is 0 Å². The number of anilines is 1. The summed E-state index contributed by atoms with van der Waals surface area (Å²) in [6.07, 6.45) is 0. The molecule has 10 heteroatoms. The number of methoxy groups -OCH3 is 1. The maximum absolute atomic E-state index is 12.8. The van der Waals surface area contributed by atoms with Crippen LogP contribution in [-0.2, 0) is 14.3 Å². The number of halogens is 2. The lowest BCUT2D eigenvalue weighted by atomic mass is 9.95. The zero-order valence-electron chi connectivity index (χ0n) is 18.3. The number of nitrogens with zero attached hydrogens (tertiary/aromatic N) is 1. The summed E-state index contributed by atoms with van der Waals surface area (Å²) >= 11 is 12.0. The standard InChI is InChI=1S/C23H23Cl2N3O5/c1-13-19(22(30)33-11-10-32-3)20(27-23(31)28(13)2)14-4-7-16(8-5-14)26-21(29)17-9-6-15(24)12-18(17)25/h4-9,12,20H,10-11H2,1-3H3,(H,26,29)(H,27,31). The third-order valence-corrected chi connectivity index (χ3v) is 5.72. The number of carbonyl (C=O) groups is 3. The Morgan fingerprint density at radius 1 is 1.12 bits per heavy atom. The summed E-state index contributed by atoms with van der Waals surface area (Å²) in [6, 6.07) is 10.3. The molecule has 0 fully saturated rings. The molecule has 2 aromatic rings. The van der Waals surface area contributed by atoms with Crippen molar-refractivity contribution in [3.05, 3.63) is 74.9 Å². The minimum absolute atomic E-state index is 0.0920. The van der Waals surface area contributed by atoms with E-state index >= 15 is 0 Å². The van der Waals surface area contributed by atoms with E-state index in [1.165, 1.54) is 24.1 Å². The number of rotatable bonds is 7. The average molecular weight is 492 g/mol. The normalized spacial score (nSPS) is 15.8. The van der Waals surface area contributed by atoms with E-state index in [1.807, 2.05) is 0 Å². The largest absolute Gasteiger partial charge is 0.460 e. The van der Waals surface area contributed by atoms with Gasteiger partial charge in [0.2, 0.25) is 0 Å². The van der Waals surface area contributed by atoms with Crippen molar-refractivity contribution in [1.29, 1.82) is 0 Å². The lowest BCUT2D eigenvalue weighted by molar-refractivity contribution is -0.140. The molecule has 1 aliphatic heterocycles. The molecule has 1 atom stereocenters. The maximum Gasteiger partial charge on any atom is 0.338 e. The molecule has 1 unspecified atom stereocenters. The fraction of sp³-hybridized carbons (Fsp3) is 0.261. The highest BCUT2D eigenvalue weighted by Gasteiger charge is 2.35. The van der Waals surface area contributed by atoms with Gasteiger partial charge >= 0.3 is 12.0 Å². The van der Waals surface area contributed by atoms with Crippen LogP contribution in [0.1, 0.15) is 28.9 Å². The number of carbonyl (C=O) groups excluding carboxylic acids is 3. The highest BCUT2D eigenvalue weighted by atomic mass is 35.5. The van der Waals surface area contributed by atoms with Crippen molar-refractivity contribution in [2.24, 2.45) is 0 Å². The van der Waals surface area contributed by atoms with E-state index in [0.717, 1.165) is 0 Å². The lowest BCUT2D eigenvalue weighted by Gasteiger charge is -2.33. The van der Waals surface area contributed by atoms with Crippen molar-refractivity contribution in [2.75, 3.05) is 32.7 Å². The van der Waals surface area contributed by atoms with Crippen molar-refractivity contribution in [3.8, 4) is 0 Å². The molecule has 0 bridgehead atoms. The smallest absolute Gasteiger partial charge is 0.338 e. The lowest BCUT2D eigenvalue weighted by Crippen LogP contribution is -2.46. The van der Waals surface area contributed by atoms with E-state index in [1.54, 1.807) is 44.3 Å². The molecule has 0 aliphatic carbocycles. The first kappa shape index (κ1) is 24.6. The number of allylic oxidation sites excluding steroid dienone is 1. The predicted molar refractivity (Wildman–Crippen MR) is 125 cm³/mol. The van der Waals surface area contributed by atoms with Gasteiger partial charge in [0, 0.05) is 30.6 Å². The van der Waals surface area contributed by atoms with Gasteiger partial charge in [0.25, 0.3) is 5.91 Å². The van der Waals surface area contributed by atoms with Gasteiger partial charge in [-0.05, 0) is 42.8 Å². The first-order valence-electron chi connectivity index (χ1n) is 10.00. The Bertz CT molecular complexity index is 1100. The number of benzene rings is 2. The Morgan fingerprint density at radius 3 is 2.45 bits per heavy atom. The Hall–Kier alpha value is -3.07. The SMILES string of the molecule is COCCOC(=O)C1=C(C)N(C)C(=O)NC1c1ccc(NC(=O)c2ccc(Cl)cc2Cl)cc1. The van der Waals surface area contributed by atoms with Crippen molar-refractivity contribution >= 4 is 46.8 Å². The van der Waals surface area contributed by atoms with Crippen molar-refractivity contribution in [3.63, 3.8) is 0 Å². The molecule has 174 valence electrons. The molecule has 1 aliphatic rings. The molecular formula is C23H23Cl2N3O5. The summed E-state index contributed by atoms with van der Waals surface area (Å²) in [5, 5.41) is 6.25. The Morgan fingerprint density at radius 2 is 1.82 bits per heavy atom. The molecular weight excluding hydrogens is 469 g/mol. The van der Waals surface area contributed by atoms with Crippen molar-refractivity contribution in [2.45, 2.75) is 13.0 Å². The van der Waals surface area contributed by atoms with Crippen LogP contribution in [0.25, 0.3) is 0 Å². The molecule has 33 heavy (non-hydrogen) atoms. The zero-order chi connectivity index (χ0) is 24.1. The van der Waals surface area contributed by atoms with Crippen LogP contribution in [-0.4, -0.2) is 50.2 Å². The number of ether oxygens (including phenoxy) is 2. The van der Waals surface area contributed by atoms with Crippen molar-refractivity contribution < 1.29 is 23.9 Å². The van der Waals surface area contributed by atoms with E-state index < -0.39 is 17.9 Å². The summed E-state index contributed by atoms with van der Waals surface area (Å²) < 4.78 is 10.2. The molecule has 0 saturated carbocycles. The Kier molecular flexibility index (Phi) is 7.97. The minimum Gasteiger partial charge on any atom is -0.460 e. The predicted octanol–water partition coefficient (Wildman–Crippen LogP) is 4.41. The number of amides is 3.